The molecule has 3 rings (SSSR count). The van der Waals surface area contributed by atoms with Gasteiger partial charge in [0.05, 0.1) is 19.1 Å². The number of carbonyl (C=O) groups excluding carboxylic acids is 2. The van der Waals surface area contributed by atoms with Gasteiger partial charge in [-0.25, -0.2) is 0 Å². The summed E-state index contributed by atoms with van der Waals surface area (Å²) in [6.07, 6.45) is 2.07. The highest BCUT2D eigenvalue weighted by atomic mass is 16.5. The highest BCUT2D eigenvalue weighted by Gasteiger charge is 2.29. The van der Waals surface area contributed by atoms with Gasteiger partial charge in [0.2, 0.25) is 11.8 Å². The number of hydrogen-bond donors (Lipinski definition) is 1. The van der Waals surface area contributed by atoms with Crippen molar-refractivity contribution >= 4 is 11.8 Å². The van der Waals surface area contributed by atoms with Crippen LogP contribution in [0.15, 0.2) is 30.3 Å². The van der Waals surface area contributed by atoms with Crippen LogP contribution in [0.4, 0.5) is 0 Å². The largest absolute Gasteiger partial charge is 0.379 e. The summed E-state index contributed by atoms with van der Waals surface area (Å²) in [5.41, 5.74) is 1.09. The molecule has 0 aromatic heterocycles. The van der Waals surface area contributed by atoms with E-state index in [1.54, 1.807) is 0 Å². The number of benzene rings is 1. The Morgan fingerprint density at radius 3 is 2.69 bits per heavy atom. The van der Waals surface area contributed by atoms with Crippen LogP contribution in [0.2, 0.25) is 0 Å². The summed E-state index contributed by atoms with van der Waals surface area (Å²) in [7, 11) is 0. The average molecular weight is 359 g/mol. The van der Waals surface area contributed by atoms with Crippen LogP contribution in [0.3, 0.4) is 0 Å². The van der Waals surface area contributed by atoms with E-state index < -0.39 is 0 Å². The van der Waals surface area contributed by atoms with Gasteiger partial charge >= 0.3 is 0 Å². The van der Waals surface area contributed by atoms with Gasteiger partial charge in [0.15, 0.2) is 0 Å². The second kappa shape index (κ2) is 9.69. The van der Waals surface area contributed by atoms with Crippen LogP contribution in [0.25, 0.3) is 0 Å². The Labute approximate surface area is 155 Å². The number of nitrogens with zero attached hydrogens (tertiary/aromatic N) is 2. The molecule has 0 radical (unpaired) electrons. The zero-order chi connectivity index (χ0) is 18.2. The Morgan fingerprint density at radius 2 is 1.92 bits per heavy atom. The van der Waals surface area contributed by atoms with E-state index in [9.17, 15) is 9.59 Å². The molecule has 0 saturated carbocycles. The Bertz CT molecular complexity index is 587. The Balaban J connectivity index is 1.41. The molecule has 142 valence electrons. The Morgan fingerprint density at radius 1 is 1.15 bits per heavy atom. The number of carbonyl (C=O) groups is 2. The monoisotopic (exact) mass is 359 g/mol. The lowest BCUT2D eigenvalue weighted by Crippen LogP contribution is -2.46. The highest BCUT2D eigenvalue weighted by molar-refractivity contribution is 5.83. The van der Waals surface area contributed by atoms with Gasteiger partial charge in [0.25, 0.3) is 0 Å². The molecule has 0 unspecified atom stereocenters. The minimum atomic E-state index is -0.0974. The number of nitrogens with one attached hydrogen (secondary N) is 1. The number of ether oxygens (including phenoxy) is 1. The van der Waals surface area contributed by atoms with E-state index in [1.165, 1.54) is 0 Å². The number of rotatable bonds is 7. The van der Waals surface area contributed by atoms with Gasteiger partial charge in [-0.3, -0.25) is 14.5 Å². The number of morpholine rings is 1. The van der Waals surface area contributed by atoms with E-state index in [2.05, 4.69) is 10.2 Å². The summed E-state index contributed by atoms with van der Waals surface area (Å²) in [5.74, 6) is 0.137. The van der Waals surface area contributed by atoms with Crippen LogP contribution >= 0.6 is 0 Å². The molecule has 0 bridgehead atoms. The normalized spacial score (nSPS) is 21.6. The minimum Gasteiger partial charge on any atom is -0.379 e. The van der Waals surface area contributed by atoms with Gasteiger partial charge in [-0.15, -0.1) is 0 Å². The highest BCUT2D eigenvalue weighted by Crippen LogP contribution is 2.18. The van der Waals surface area contributed by atoms with E-state index in [-0.39, 0.29) is 17.7 Å². The van der Waals surface area contributed by atoms with E-state index in [1.807, 2.05) is 35.2 Å². The summed E-state index contributed by atoms with van der Waals surface area (Å²) < 4.78 is 5.36. The fourth-order valence-corrected chi connectivity index (χ4v) is 3.58. The first-order chi connectivity index (χ1) is 12.7. The SMILES string of the molecule is O=C(NCc1ccccc1)[C@@H]1CCC(=O)N(CCCN2CCOCC2)C1. The molecule has 1 N–H and O–H groups in total. The predicted octanol–water partition coefficient (Wildman–Crippen LogP) is 1.26. The fraction of sp³-hybridized carbons (Fsp3) is 0.600. The Kier molecular flexibility index (Phi) is 7.03. The first-order valence-corrected chi connectivity index (χ1v) is 9.62. The number of piperidine rings is 1. The van der Waals surface area contributed by atoms with Crippen LogP contribution in [0, 0.1) is 5.92 Å². The second-order valence-corrected chi connectivity index (χ2v) is 7.09. The van der Waals surface area contributed by atoms with Crippen molar-refractivity contribution in [3.8, 4) is 0 Å². The topological polar surface area (TPSA) is 61.9 Å². The van der Waals surface area contributed by atoms with Crippen LogP contribution in [0.1, 0.15) is 24.8 Å². The molecule has 2 aliphatic heterocycles. The molecule has 1 atom stereocenters. The maximum atomic E-state index is 12.5. The number of hydrogen-bond acceptors (Lipinski definition) is 4. The maximum Gasteiger partial charge on any atom is 0.225 e. The first kappa shape index (κ1) is 18.9. The molecule has 2 amide bonds. The molecular formula is C20H29N3O3. The third kappa shape index (κ3) is 5.54. The van der Waals surface area contributed by atoms with Crippen molar-refractivity contribution < 1.29 is 14.3 Å². The molecular weight excluding hydrogens is 330 g/mol. The van der Waals surface area contributed by atoms with Gasteiger partial charge in [0, 0.05) is 45.7 Å². The molecule has 26 heavy (non-hydrogen) atoms. The van der Waals surface area contributed by atoms with Crippen molar-refractivity contribution in [3.05, 3.63) is 35.9 Å². The molecule has 1 aromatic rings. The molecule has 2 fully saturated rings. The quantitative estimate of drug-likeness (QED) is 0.796. The van der Waals surface area contributed by atoms with Crippen molar-refractivity contribution in [2.45, 2.75) is 25.8 Å². The zero-order valence-corrected chi connectivity index (χ0v) is 15.4. The summed E-state index contributed by atoms with van der Waals surface area (Å²) in [4.78, 5) is 28.9. The van der Waals surface area contributed by atoms with E-state index in [0.717, 1.165) is 51.4 Å². The fourth-order valence-electron chi connectivity index (χ4n) is 3.58. The van der Waals surface area contributed by atoms with Crippen molar-refractivity contribution in [2.75, 3.05) is 45.9 Å². The standard InChI is InChI=1S/C20H29N3O3/c24-19-8-7-18(20(25)21-15-17-5-2-1-3-6-17)16-23(19)10-4-9-22-11-13-26-14-12-22/h1-3,5-6,18H,4,7-16H2,(H,21,25)/t18-/m1/s1. The molecule has 2 saturated heterocycles. The minimum absolute atomic E-state index is 0.0551. The van der Waals surface area contributed by atoms with Gasteiger partial charge in [-0.1, -0.05) is 30.3 Å². The van der Waals surface area contributed by atoms with Crippen LogP contribution in [-0.2, 0) is 20.9 Å². The van der Waals surface area contributed by atoms with Gasteiger partial charge < -0.3 is 15.0 Å². The van der Waals surface area contributed by atoms with Crippen molar-refractivity contribution in [1.82, 2.24) is 15.1 Å². The smallest absolute Gasteiger partial charge is 0.225 e. The molecule has 1 aromatic carbocycles. The van der Waals surface area contributed by atoms with E-state index in [0.29, 0.717) is 25.9 Å². The van der Waals surface area contributed by atoms with Crippen LogP contribution < -0.4 is 5.32 Å². The second-order valence-electron chi connectivity index (χ2n) is 7.09. The summed E-state index contributed by atoms with van der Waals surface area (Å²) >= 11 is 0. The van der Waals surface area contributed by atoms with Crippen molar-refractivity contribution in [1.29, 1.82) is 0 Å². The van der Waals surface area contributed by atoms with Gasteiger partial charge in [-0.05, 0) is 18.4 Å². The molecule has 0 aliphatic carbocycles. The maximum absolute atomic E-state index is 12.5. The lowest BCUT2D eigenvalue weighted by molar-refractivity contribution is -0.138. The molecule has 2 heterocycles. The predicted molar refractivity (Wildman–Crippen MR) is 99.5 cm³/mol. The number of amides is 2. The Hall–Kier alpha value is -1.92. The van der Waals surface area contributed by atoms with Crippen molar-refractivity contribution in [3.63, 3.8) is 0 Å². The van der Waals surface area contributed by atoms with E-state index >= 15 is 0 Å². The summed E-state index contributed by atoms with van der Waals surface area (Å²) in [5, 5.41) is 3.01. The summed E-state index contributed by atoms with van der Waals surface area (Å²) in [6.45, 7) is 6.34. The van der Waals surface area contributed by atoms with E-state index in [4.69, 9.17) is 4.74 Å². The summed E-state index contributed by atoms with van der Waals surface area (Å²) in [6, 6.07) is 9.91. The van der Waals surface area contributed by atoms with Gasteiger partial charge in [0.1, 0.15) is 0 Å². The average Bonchev–Trinajstić information content (AvgIpc) is 2.69. The lowest BCUT2D eigenvalue weighted by Gasteiger charge is -2.33. The third-order valence-electron chi connectivity index (χ3n) is 5.19. The number of likely N-dealkylation sites (tertiary alicyclic amines) is 1. The van der Waals surface area contributed by atoms with Crippen LogP contribution in [0.5, 0.6) is 0 Å². The zero-order valence-electron chi connectivity index (χ0n) is 15.4. The van der Waals surface area contributed by atoms with Gasteiger partial charge in [-0.2, -0.15) is 0 Å². The molecule has 2 aliphatic rings. The molecule has 6 heteroatoms. The lowest BCUT2D eigenvalue weighted by atomic mass is 9.96. The third-order valence-corrected chi connectivity index (χ3v) is 5.19. The molecule has 6 nitrogen and oxygen atoms in total. The first-order valence-electron chi connectivity index (χ1n) is 9.62. The molecule has 0 spiro atoms. The van der Waals surface area contributed by atoms with Crippen molar-refractivity contribution in [2.24, 2.45) is 5.92 Å². The van der Waals surface area contributed by atoms with Crippen LogP contribution in [-0.4, -0.2) is 67.6 Å².